The van der Waals surface area contributed by atoms with Gasteiger partial charge in [0.1, 0.15) is 23.2 Å². The number of likely N-dealkylation sites (N-methyl/N-ethyl adjacent to an activating group) is 1. The van der Waals surface area contributed by atoms with Crippen molar-refractivity contribution in [3.05, 3.63) is 72.3 Å². The number of anilines is 5. The summed E-state index contributed by atoms with van der Waals surface area (Å²) >= 11 is 0. The van der Waals surface area contributed by atoms with Crippen molar-refractivity contribution in [2.45, 2.75) is 95.2 Å². The molecular formula is C51H66FN9O2. The van der Waals surface area contributed by atoms with Crippen LogP contribution in [0.1, 0.15) is 95.1 Å². The highest BCUT2D eigenvalue weighted by Gasteiger charge is 2.49. The molecule has 2 N–H and O–H groups in total. The Bertz CT molecular complexity index is 2410. The number of benzene rings is 3. The number of aliphatic hydroxyl groups excluding tert-OH is 1. The van der Waals surface area contributed by atoms with Crippen molar-refractivity contribution in [2.24, 2.45) is 23.7 Å². The monoisotopic (exact) mass is 856 g/mol. The lowest BCUT2D eigenvalue weighted by Crippen LogP contribution is -2.38. The van der Waals surface area contributed by atoms with Crippen LogP contribution in [-0.2, 0) is 5.67 Å². The van der Waals surface area contributed by atoms with Gasteiger partial charge >= 0.3 is 0 Å². The van der Waals surface area contributed by atoms with Crippen molar-refractivity contribution in [1.29, 1.82) is 0 Å². The molecule has 63 heavy (non-hydrogen) atoms. The molecule has 3 aromatic carbocycles. The minimum Gasteiger partial charge on any atom is -0.495 e. The summed E-state index contributed by atoms with van der Waals surface area (Å²) in [6.07, 6.45) is 11.8. The van der Waals surface area contributed by atoms with E-state index >= 15 is 4.39 Å². The van der Waals surface area contributed by atoms with Gasteiger partial charge in [-0.2, -0.15) is 0 Å². The summed E-state index contributed by atoms with van der Waals surface area (Å²) in [6, 6.07) is 21.5. The summed E-state index contributed by atoms with van der Waals surface area (Å²) in [4.78, 5) is 29.6. The summed E-state index contributed by atoms with van der Waals surface area (Å²) in [5.41, 5.74) is 3.81. The van der Waals surface area contributed by atoms with E-state index in [1.807, 2.05) is 36.2 Å². The van der Waals surface area contributed by atoms with Gasteiger partial charge in [0.2, 0.25) is 0 Å². The molecule has 3 unspecified atom stereocenters. The number of nitrogens with zero attached hydrogens (tertiary/aromatic N) is 8. The molecule has 0 spiro atoms. The number of aromatic nitrogens is 4. The third-order valence-corrected chi connectivity index (χ3v) is 15.4. The fourth-order valence-electron chi connectivity index (χ4n) is 11.3. The number of alkyl halides is 1. The second kappa shape index (κ2) is 17.5. The van der Waals surface area contributed by atoms with Gasteiger partial charge in [0.05, 0.1) is 30.4 Å². The SMILES string of the molecule is CCCN(C)c1ccc2nc(C3CC3C3CCC(C4CCN(c5nc(C6(F)CC6)nc6ccc(N(C)CCO)cc56)CC4)CC3)nc(NC3CCN(c4ccccc4OC)C3)c2c1. The number of piperidine rings is 1. The van der Waals surface area contributed by atoms with Gasteiger partial charge in [-0.25, -0.2) is 24.3 Å². The van der Waals surface area contributed by atoms with Crippen LogP contribution in [0, 0.1) is 23.7 Å². The third kappa shape index (κ3) is 8.56. The predicted molar refractivity (Wildman–Crippen MR) is 253 cm³/mol. The highest BCUT2D eigenvalue weighted by atomic mass is 19.1. The fourth-order valence-corrected chi connectivity index (χ4v) is 11.3. The largest absolute Gasteiger partial charge is 0.495 e. The average Bonchev–Trinajstić information content (AvgIpc) is 4.24. The highest BCUT2D eigenvalue weighted by molar-refractivity contribution is 5.93. The van der Waals surface area contributed by atoms with Crippen LogP contribution >= 0.6 is 0 Å². The number of rotatable bonds is 15. The third-order valence-electron chi connectivity index (χ3n) is 15.4. The Morgan fingerprint density at radius 3 is 2.16 bits per heavy atom. The van der Waals surface area contributed by atoms with E-state index in [2.05, 4.69) is 70.4 Å². The molecular weight excluding hydrogens is 790 g/mol. The van der Waals surface area contributed by atoms with E-state index in [0.29, 0.717) is 43.0 Å². The Labute approximate surface area is 372 Å². The van der Waals surface area contributed by atoms with Gasteiger partial charge in [0.15, 0.2) is 11.5 Å². The van der Waals surface area contributed by atoms with E-state index < -0.39 is 5.67 Å². The minimum absolute atomic E-state index is 0.0837. The first kappa shape index (κ1) is 42.0. The summed E-state index contributed by atoms with van der Waals surface area (Å²) in [7, 11) is 5.91. The van der Waals surface area contributed by atoms with Crippen LogP contribution in [0.2, 0.25) is 0 Å². The number of aliphatic hydroxyl groups is 1. The maximum Gasteiger partial charge on any atom is 0.170 e. The van der Waals surface area contributed by atoms with E-state index in [1.54, 1.807) is 7.11 Å². The molecule has 2 saturated heterocycles. The molecule has 2 aliphatic heterocycles. The first-order valence-electron chi connectivity index (χ1n) is 24.0. The zero-order valence-electron chi connectivity index (χ0n) is 37.8. The molecule has 12 heteroatoms. The van der Waals surface area contributed by atoms with E-state index in [4.69, 9.17) is 24.7 Å². The molecule has 0 bridgehead atoms. The lowest BCUT2D eigenvalue weighted by atomic mass is 9.71. The van der Waals surface area contributed by atoms with Gasteiger partial charge in [0, 0.05) is 87.5 Å². The van der Waals surface area contributed by atoms with Gasteiger partial charge in [-0.05, 0) is 143 Å². The van der Waals surface area contributed by atoms with Crippen molar-refractivity contribution < 1.29 is 14.2 Å². The second-order valence-corrected chi connectivity index (χ2v) is 19.5. The lowest BCUT2D eigenvalue weighted by molar-refractivity contribution is 0.168. The van der Waals surface area contributed by atoms with E-state index in [1.165, 1.54) is 37.8 Å². The van der Waals surface area contributed by atoms with Gasteiger partial charge in [-0.15, -0.1) is 0 Å². The molecule has 11 nitrogen and oxygen atoms in total. The standard InChI is InChI=1S/C51H66FN9O2/c1-5-23-58(2)37-14-16-43-41(29-37)48(53-36-20-26-61(32-36)45-8-6-7-9-46(45)63-4)56-47(54-43)40-31-39(40)35-12-10-33(11-13-35)34-18-24-60(25-19-34)49-42-30-38(59(3)27-28-62)15-17-44(42)55-50(57-49)51(52)21-22-51/h6-9,14-17,29-30,33-36,39-40,62H,5,10-13,18-28,31-32H2,1-4H3,(H,53,54,56). The van der Waals surface area contributed by atoms with Crippen LogP contribution < -0.4 is 29.7 Å². The van der Waals surface area contributed by atoms with Crippen LogP contribution in [0.15, 0.2) is 60.7 Å². The van der Waals surface area contributed by atoms with E-state index in [-0.39, 0.29) is 12.6 Å². The van der Waals surface area contributed by atoms with Crippen molar-refractivity contribution in [3.8, 4) is 5.75 Å². The topological polar surface area (TPSA) is 106 Å². The number of hydrogen-bond acceptors (Lipinski definition) is 11. The molecule has 5 aromatic rings. The Morgan fingerprint density at radius 2 is 1.44 bits per heavy atom. The van der Waals surface area contributed by atoms with Gasteiger partial charge < -0.3 is 34.8 Å². The quantitative estimate of drug-likeness (QED) is 0.105. The molecule has 334 valence electrons. The van der Waals surface area contributed by atoms with Crippen LogP contribution in [-0.4, -0.2) is 98.2 Å². The van der Waals surface area contributed by atoms with Gasteiger partial charge in [-0.1, -0.05) is 19.1 Å². The molecule has 5 aliphatic rings. The summed E-state index contributed by atoms with van der Waals surface area (Å²) in [5, 5.41) is 15.6. The predicted octanol–water partition coefficient (Wildman–Crippen LogP) is 9.33. The highest BCUT2D eigenvalue weighted by Crippen LogP contribution is 2.56. The molecule has 0 amide bonds. The smallest absolute Gasteiger partial charge is 0.170 e. The minimum atomic E-state index is -1.39. The Morgan fingerprint density at radius 1 is 0.778 bits per heavy atom. The van der Waals surface area contributed by atoms with Crippen molar-refractivity contribution >= 4 is 50.5 Å². The number of nitrogens with one attached hydrogen (secondary N) is 1. The van der Waals surface area contributed by atoms with Crippen molar-refractivity contribution in [1.82, 2.24) is 19.9 Å². The maximum absolute atomic E-state index is 15.4. The van der Waals surface area contributed by atoms with Crippen molar-refractivity contribution in [3.63, 3.8) is 0 Å². The van der Waals surface area contributed by atoms with Crippen LogP contribution in [0.3, 0.4) is 0 Å². The van der Waals surface area contributed by atoms with E-state index in [9.17, 15) is 5.11 Å². The van der Waals surface area contributed by atoms with E-state index in [0.717, 1.165) is 127 Å². The van der Waals surface area contributed by atoms with Gasteiger partial charge in [0.25, 0.3) is 0 Å². The first-order valence-corrected chi connectivity index (χ1v) is 24.0. The molecule has 3 saturated carbocycles. The first-order chi connectivity index (χ1) is 30.7. The number of halogens is 1. The molecule has 3 atom stereocenters. The Hall–Kier alpha value is -4.97. The fraction of sp³-hybridized carbons (Fsp3) is 0.569. The molecule has 0 radical (unpaired) electrons. The second-order valence-electron chi connectivity index (χ2n) is 19.5. The number of fused-ring (bicyclic) bond motifs is 2. The number of methoxy groups -OCH3 is 1. The molecule has 5 fully saturated rings. The van der Waals surface area contributed by atoms with Gasteiger partial charge in [-0.3, -0.25) is 0 Å². The molecule has 2 aromatic heterocycles. The number of para-hydroxylation sites is 2. The normalized spacial score (nSPS) is 24.5. The maximum atomic E-state index is 15.4. The summed E-state index contributed by atoms with van der Waals surface area (Å²) < 4.78 is 21.2. The summed E-state index contributed by atoms with van der Waals surface area (Å²) in [6.45, 7) is 7.59. The Balaban J connectivity index is 0.797. The number of hydrogen-bond donors (Lipinski definition) is 2. The van der Waals surface area contributed by atoms with Crippen LogP contribution in [0.4, 0.5) is 33.1 Å². The zero-order valence-corrected chi connectivity index (χ0v) is 37.8. The molecule has 10 rings (SSSR count). The average molecular weight is 856 g/mol. The van der Waals surface area contributed by atoms with Crippen LogP contribution in [0.25, 0.3) is 21.8 Å². The molecule has 4 heterocycles. The van der Waals surface area contributed by atoms with Crippen LogP contribution in [0.5, 0.6) is 5.75 Å². The molecule has 3 aliphatic carbocycles. The lowest BCUT2D eigenvalue weighted by Gasteiger charge is -2.40. The summed E-state index contributed by atoms with van der Waals surface area (Å²) in [5.74, 6) is 7.41. The number of ether oxygens (including phenoxy) is 1. The van der Waals surface area contributed by atoms with Crippen molar-refractivity contribution in [2.75, 3.05) is 92.0 Å². The zero-order chi connectivity index (χ0) is 43.2. The Kier molecular flexibility index (Phi) is 11.7.